The van der Waals surface area contributed by atoms with Crippen LogP contribution in [0.2, 0.25) is 0 Å². The maximum atomic E-state index is 11.3. The van der Waals surface area contributed by atoms with Crippen LogP contribution in [0.4, 0.5) is 0 Å². The van der Waals surface area contributed by atoms with E-state index in [9.17, 15) is 24.9 Å². The molecule has 0 saturated heterocycles. The van der Waals surface area contributed by atoms with Crippen LogP contribution in [-0.4, -0.2) is 33.4 Å². The summed E-state index contributed by atoms with van der Waals surface area (Å²) in [5.74, 6) is 0.245. The lowest BCUT2D eigenvalue weighted by Crippen LogP contribution is -2.54. The molecule has 0 aromatic carbocycles. The van der Waals surface area contributed by atoms with Crippen LogP contribution in [0.1, 0.15) is 91.4 Å². The SMILES string of the molecule is C[C@H](CCC(C(=O)O)C(=O)O)C1CCC2C3CCC4C[C@H](O)CC[C@]4(C)C3CC[C@@]21C. The van der Waals surface area contributed by atoms with E-state index in [2.05, 4.69) is 20.8 Å². The van der Waals surface area contributed by atoms with Gasteiger partial charge in [-0.1, -0.05) is 20.8 Å². The zero-order valence-corrected chi connectivity index (χ0v) is 19.6. The normalized spacial score (nSPS) is 45.5. The number of aliphatic hydroxyl groups is 1. The summed E-state index contributed by atoms with van der Waals surface area (Å²) in [7, 11) is 0. The zero-order chi connectivity index (χ0) is 22.6. The molecule has 0 bridgehead atoms. The Kier molecular flexibility index (Phi) is 6.22. The number of aliphatic carboxylic acids is 2. The minimum absolute atomic E-state index is 0.0966. The Morgan fingerprint density at radius 1 is 0.871 bits per heavy atom. The van der Waals surface area contributed by atoms with Crippen molar-refractivity contribution in [1.29, 1.82) is 0 Å². The molecular weight excluding hydrogens is 392 g/mol. The van der Waals surface area contributed by atoms with E-state index < -0.39 is 17.9 Å². The molecule has 3 N–H and O–H groups in total. The molecule has 4 rings (SSSR count). The average Bonchev–Trinajstić information content (AvgIpc) is 3.05. The van der Waals surface area contributed by atoms with E-state index in [1.54, 1.807) is 0 Å². The van der Waals surface area contributed by atoms with Crippen LogP contribution in [0.15, 0.2) is 0 Å². The Balaban J connectivity index is 1.46. The van der Waals surface area contributed by atoms with Crippen molar-refractivity contribution in [1.82, 2.24) is 0 Å². The van der Waals surface area contributed by atoms with Crippen molar-refractivity contribution >= 4 is 11.9 Å². The molecule has 0 heterocycles. The average molecular weight is 435 g/mol. The van der Waals surface area contributed by atoms with Crippen LogP contribution in [0.5, 0.6) is 0 Å². The Labute approximate surface area is 187 Å². The molecule has 5 heteroatoms. The molecule has 31 heavy (non-hydrogen) atoms. The molecule has 0 radical (unpaired) electrons. The molecule has 0 aliphatic heterocycles. The molecule has 4 saturated carbocycles. The fourth-order valence-electron chi connectivity index (χ4n) is 9.19. The number of carboxylic acid groups (broad SMARTS) is 2. The van der Waals surface area contributed by atoms with E-state index in [-0.39, 0.29) is 12.5 Å². The number of hydrogen-bond acceptors (Lipinski definition) is 3. The summed E-state index contributed by atoms with van der Waals surface area (Å²) in [6, 6.07) is 0. The van der Waals surface area contributed by atoms with Gasteiger partial charge in [0, 0.05) is 0 Å². The van der Waals surface area contributed by atoms with E-state index >= 15 is 0 Å². The van der Waals surface area contributed by atoms with Gasteiger partial charge in [0.25, 0.3) is 0 Å². The van der Waals surface area contributed by atoms with Gasteiger partial charge >= 0.3 is 11.9 Å². The Morgan fingerprint density at radius 3 is 2.19 bits per heavy atom. The largest absolute Gasteiger partial charge is 0.481 e. The Morgan fingerprint density at radius 2 is 1.52 bits per heavy atom. The van der Waals surface area contributed by atoms with Crippen LogP contribution in [-0.2, 0) is 9.59 Å². The summed E-state index contributed by atoms with van der Waals surface area (Å²) in [5.41, 5.74) is 0.698. The molecule has 176 valence electrons. The van der Waals surface area contributed by atoms with Gasteiger partial charge in [0.05, 0.1) is 6.10 Å². The van der Waals surface area contributed by atoms with Gasteiger partial charge in [-0.25, -0.2) is 0 Å². The monoisotopic (exact) mass is 434 g/mol. The standard InChI is InChI=1S/C26H42O5/c1-15(4-6-19(23(28)29)24(30)31)20-8-9-21-18-7-5-16-14-17(27)10-12-25(16,2)22(18)11-13-26(20,21)3/h15-22,27H,4-14H2,1-3H3,(H,28,29)(H,30,31)/t15-,16?,17-,18?,20?,21?,22?,25+,26-/m1/s1. The van der Waals surface area contributed by atoms with Gasteiger partial charge in [-0.05, 0) is 117 Å². The van der Waals surface area contributed by atoms with E-state index in [0.29, 0.717) is 35.0 Å². The van der Waals surface area contributed by atoms with Crippen molar-refractivity contribution in [2.24, 2.45) is 52.3 Å². The Hall–Kier alpha value is -1.10. The zero-order valence-electron chi connectivity index (χ0n) is 19.6. The van der Waals surface area contributed by atoms with E-state index in [0.717, 1.165) is 30.6 Å². The second kappa shape index (κ2) is 8.35. The van der Waals surface area contributed by atoms with Crippen molar-refractivity contribution in [2.45, 2.75) is 97.5 Å². The van der Waals surface area contributed by atoms with Crippen LogP contribution < -0.4 is 0 Å². The molecule has 0 aromatic heterocycles. The third kappa shape index (κ3) is 3.83. The van der Waals surface area contributed by atoms with Crippen LogP contribution in [0.3, 0.4) is 0 Å². The van der Waals surface area contributed by atoms with E-state index in [1.165, 1.54) is 44.9 Å². The molecule has 5 unspecified atom stereocenters. The quantitative estimate of drug-likeness (QED) is 0.499. The number of rotatable bonds is 6. The van der Waals surface area contributed by atoms with Gasteiger partial charge in [0.2, 0.25) is 0 Å². The molecule has 0 amide bonds. The molecular formula is C26H42O5. The predicted octanol–water partition coefficient (Wildman–Crippen LogP) is 5.21. The van der Waals surface area contributed by atoms with Gasteiger partial charge in [0.15, 0.2) is 5.92 Å². The summed E-state index contributed by atoms with van der Waals surface area (Å²) in [4.78, 5) is 22.6. The fraction of sp³-hybridized carbons (Fsp3) is 0.923. The smallest absolute Gasteiger partial charge is 0.317 e. The summed E-state index contributed by atoms with van der Waals surface area (Å²) in [6.07, 6.45) is 11.5. The molecule has 9 atom stereocenters. The van der Waals surface area contributed by atoms with Crippen LogP contribution in [0.25, 0.3) is 0 Å². The predicted molar refractivity (Wildman–Crippen MR) is 118 cm³/mol. The summed E-state index contributed by atoms with van der Waals surface area (Å²) >= 11 is 0. The second-order valence-electron chi connectivity index (χ2n) is 12.1. The molecule has 5 nitrogen and oxygen atoms in total. The number of fused-ring (bicyclic) bond motifs is 5. The molecule has 4 aliphatic carbocycles. The van der Waals surface area contributed by atoms with Crippen LogP contribution >= 0.6 is 0 Å². The van der Waals surface area contributed by atoms with Gasteiger partial charge < -0.3 is 15.3 Å². The minimum Gasteiger partial charge on any atom is -0.481 e. The highest BCUT2D eigenvalue weighted by atomic mass is 16.4. The number of aliphatic hydroxyl groups excluding tert-OH is 1. The van der Waals surface area contributed by atoms with E-state index in [4.69, 9.17) is 0 Å². The van der Waals surface area contributed by atoms with E-state index in [1.807, 2.05) is 0 Å². The number of carbonyl (C=O) groups is 2. The first-order valence-corrected chi connectivity index (χ1v) is 12.7. The third-order valence-corrected chi connectivity index (χ3v) is 10.9. The van der Waals surface area contributed by atoms with Crippen molar-refractivity contribution in [3.63, 3.8) is 0 Å². The van der Waals surface area contributed by atoms with Crippen molar-refractivity contribution in [3.8, 4) is 0 Å². The summed E-state index contributed by atoms with van der Waals surface area (Å²) < 4.78 is 0. The molecule has 4 aliphatic rings. The van der Waals surface area contributed by atoms with Gasteiger partial charge in [0.1, 0.15) is 0 Å². The first-order valence-electron chi connectivity index (χ1n) is 12.7. The van der Waals surface area contributed by atoms with Gasteiger partial charge in [-0.15, -0.1) is 0 Å². The lowest BCUT2D eigenvalue weighted by molar-refractivity contribution is -0.155. The molecule has 0 aromatic rings. The first-order chi connectivity index (χ1) is 14.6. The minimum atomic E-state index is -1.28. The molecule has 0 spiro atoms. The van der Waals surface area contributed by atoms with Crippen molar-refractivity contribution in [2.75, 3.05) is 0 Å². The lowest BCUT2D eigenvalue weighted by Gasteiger charge is -2.61. The van der Waals surface area contributed by atoms with Crippen molar-refractivity contribution < 1.29 is 24.9 Å². The van der Waals surface area contributed by atoms with Crippen LogP contribution in [0, 0.1) is 52.3 Å². The summed E-state index contributed by atoms with van der Waals surface area (Å²) in [5, 5.41) is 28.7. The highest BCUT2D eigenvalue weighted by Crippen LogP contribution is 2.68. The lowest BCUT2D eigenvalue weighted by atomic mass is 9.44. The fourth-order valence-corrected chi connectivity index (χ4v) is 9.19. The second-order valence-corrected chi connectivity index (χ2v) is 12.1. The molecule has 4 fully saturated rings. The Bertz CT molecular complexity index is 692. The number of hydrogen-bond donors (Lipinski definition) is 3. The van der Waals surface area contributed by atoms with Gasteiger partial charge in [-0.3, -0.25) is 9.59 Å². The third-order valence-electron chi connectivity index (χ3n) is 10.9. The highest BCUT2D eigenvalue weighted by molar-refractivity contribution is 5.92. The topological polar surface area (TPSA) is 94.8 Å². The van der Waals surface area contributed by atoms with Gasteiger partial charge in [-0.2, -0.15) is 0 Å². The number of carboxylic acids is 2. The van der Waals surface area contributed by atoms with Crippen molar-refractivity contribution in [3.05, 3.63) is 0 Å². The maximum absolute atomic E-state index is 11.3. The highest BCUT2D eigenvalue weighted by Gasteiger charge is 2.60. The summed E-state index contributed by atoms with van der Waals surface area (Å²) in [6.45, 7) is 7.24. The maximum Gasteiger partial charge on any atom is 0.317 e. The first kappa shape index (κ1) is 23.1.